The molecule has 0 atom stereocenters. The number of amides is 1. The summed E-state index contributed by atoms with van der Waals surface area (Å²) in [6.45, 7) is 4.29. The highest BCUT2D eigenvalue weighted by Gasteiger charge is 2.27. The van der Waals surface area contributed by atoms with Crippen molar-refractivity contribution in [3.63, 3.8) is 0 Å². The number of ether oxygens (including phenoxy) is 1. The Kier molecular flexibility index (Phi) is 4.95. The molecule has 29 heavy (non-hydrogen) atoms. The standard InChI is InChI=1S/C21H24N6O2/c28-21-16(20(25-26-21)14-10-22-13-23-11-14)9-19-17(12-27-5-7-29-8-6-27)15-3-1-2-4-18(15)24-19/h9-11,13,24H,1-8,12H2,(H,26,28). The van der Waals surface area contributed by atoms with Crippen LogP contribution in [0.3, 0.4) is 0 Å². The van der Waals surface area contributed by atoms with E-state index in [9.17, 15) is 4.79 Å². The van der Waals surface area contributed by atoms with Gasteiger partial charge < -0.3 is 9.72 Å². The van der Waals surface area contributed by atoms with Crippen LogP contribution in [0.1, 0.15) is 40.9 Å². The second kappa shape index (κ2) is 7.88. The predicted octanol–water partition coefficient (Wildman–Crippen LogP) is 1.43. The summed E-state index contributed by atoms with van der Waals surface area (Å²) in [5, 5.41) is 4.22. The number of fused-ring (bicyclic) bond motifs is 1. The Balaban J connectivity index is 1.53. The van der Waals surface area contributed by atoms with Gasteiger partial charge in [0.25, 0.3) is 5.91 Å². The smallest absolute Gasteiger partial charge is 0.273 e. The van der Waals surface area contributed by atoms with Gasteiger partial charge in [0.05, 0.1) is 18.8 Å². The predicted molar refractivity (Wildman–Crippen MR) is 108 cm³/mol. The van der Waals surface area contributed by atoms with E-state index in [4.69, 9.17) is 4.74 Å². The number of H-pyrrole nitrogens is 1. The molecule has 2 aromatic rings. The lowest BCUT2D eigenvalue weighted by Gasteiger charge is -2.27. The van der Waals surface area contributed by atoms with E-state index in [1.807, 2.05) is 6.08 Å². The van der Waals surface area contributed by atoms with Gasteiger partial charge in [-0.2, -0.15) is 5.10 Å². The number of aromatic nitrogens is 3. The summed E-state index contributed by atoms with van der Waals surface area (Å²) in [6, 6.07) is 0. The summed E-state index contributed by atoms with van der Waals surface area (Å²) in [4.78, 5) is 26.7. The summed E-state index contributed by atoms with van der Waals surface area (Å²) in [7, 11) is 0. The summed E-state index contributed by atoms with van der Waals surface area (Å²) in [5.41, 5.74) is 9.49. The number of nitrogens with one attached hydrogen (secondary N) is 2. The average Bonchev–Trinajstić information content (AvgIpc) is 3.30. The van der Waals surface area contributed by atoms with Crippen LogP contribution in [0, 0.1) is 0 Å². The van der Waals surface area contributed by atoms with Crippen LogP contribution in [0.25, 0.3) is 6.08 Å². The number of aryl methyl sites for hydroxylation is 1. The van der Waals surface area contributed by atoms with Gasteiger partial charge in [-0.1, -0.05) is 0 Å². The van der Waals surface area contributed by atoms with E-state index in [-0.39, 0.29) is 5.91 Å². The fourth-order valence-electron chi connectivity index (χ4n) is 4.32. The second-order valence-corrected chi connectivity index (χ2v) is 7.66. The van der Waals surface area contributed by atoms with Gasteiger partial charge in [-0.15, -0.1) is 0 Å². The Morgan fingerprint density at radius 3 is 2.76 bits per heavy atom. The first-order valence-corrected chi connectivity index (χ1v) is 10.2. The number of hydrogen-bond donors (Lipinski definition) is 2. The Hall–Kier alpha value is -2.84. The van der Waals surface area contributed by atoms with Crippen molar-refractivity contribution in [3.8, 4) is 0 Å². The van der Waals surface area contributed by atoms with Gasteiger partial charge in [0.2, 0.25) is 0 Å². The van der Waals surface area contributed by atoms with Crippen LogP contribution in [0.15, 0.2) is 29.4 Å². The minimum Gasteiger partial charge on any atom is -0.379 e. The molecule has 1 saturated heterocycles. The van der Waals surface area contributed by atoms with Gasteiger partial charge in [0, 0.05) is 49.0 Å². The lowest BCUT2D eigenvalue weighted by molar-refractivity contribution is -0.116. The Morgan fingerprint density at radius 2 is 1.93 bits per heavy atom. The molecule has 0 bridgehead atoms. The lowest BCUT2D eigenvalue weighted by atomic mass is 9.93. The third kappa shape index (κ3) is 3.61. The maximum atomic E-state index is 12.5. The molecule has 4 heterocycles. The SMILES string of the molecule is O=C1NN=C(c2cncnc2)C1=Cc1[nH]c2c(c1CN1CCOCC1)CCCC2. The minimum atomic E-state index is -0.200. The monoisotopic (exact) mass is 392 g/mol. The van der Waals surface area contributed by atoms with Crippen molar-refractivity contribution >= 4 is 17.7 Å². The molecule has 5 rings (SSSR count). The summed E-state index contributed by atoms with van der Waals surface area (Å²) < 4.78 is 5.50. The molecule has 2 N–H and O–H groups in total. The van der Waals surface area contributed by atoms with Crippen LogP contribution in [0.5, 0.6) is 0 Å². The Labute approximate surface area is 169 Å². The number of rotatable bonds is 4. The van der Waals surface area contributed by atoms with Crippen molar-refractivity contribution in [2.75, 3.05) is 26.3 Å². The largest absolute Gasteiger partial charge is 0.379 e. The highest BCUT2D eigenvalue weighted by atomic mass is 16.5. The van der Waals surface area contributed by atoms with E-state index in [2.05, 4.69) is 30.4 Å². The molecule has 3 aliphatic rings. The maximum absolute atomic E-state index is 12.5. The molecule has 1 amide bonds. The molecule has 0 aromatic carbocycles. The van der Waals surface area contributed by atoms with Crippen LogP contribution in [-0.4, -0.2) is 57.8 Å². The number of aromatic amines is 1. The first-order valence-electron chi connectivity index (χ1n) is 10.2. The average molecular weight is 392 g/mol. The van der Waals surface area contributed by atoms with Crippen molar-refractivity contribution in [1.29, 1.82) is 0 Å². The number of carbonyl (C=O) groups is 1. The molecule has 0 unspecified atom stereocenters. The topological polar surface area (TPSA) is 95.5 Å². The van der Waals surface area contributed by atoms with Gasteiger partial charge in [-0.3, -0.25) is 9.69 Å². The van der Waals surface area contributed by atoms with Crippen LogP contribution in [0.4, 0.5) is 0 Å². The first kappa shape index (κ1) is 18.2. The lowest BCUT2D eigenvalue weighted by Crippen LogP contribution is -2.36. The van der Waals surface area contributed by atoms with Gasteiger partial charge in [-0.25, -0.2) is 15.4 Å². The second-order valence-electron chi connectivity index (χ2n) is 7.66. The van der Waals surface area contributed by atoms with E-state index in [1.165, 1.54) is 36.0 Å². The molecule has 2 aromatic heterocycles. The van der Waals surface area contributed by atoms with Crippen LogP contribution in [0.2, 0.25) is 0 Å². The van der Waals surface area contributed by atoms with E-state index in [1.54, 1.807) is 12.4 Å². The summed E-state index contributed by atoms with van der Waals surface area (Å²) >= 11 is 0. The molecule has 1 aliphatic carbocycles. The molecule has 2 aliphatic heterocycles. The molecule has 8 nitrogen and oxygen atoms in total. The van der Waals surface area contributed by atoms with Gasteiger partial charge in [0.1, 0.15) is 12.0 Å². The zero-order valence-electron chi connectivity index (χ0n) is 16.3. The van der Waals surface area contributed by atoms with E-state index in [0.717, 1.165) is 56.9 Å². The number of hydrogen-bond acceptors (Lipinski definition) is 6. The number of nitrogens with zero attached hydrogens (tertiary/aromatic N) is 4. The van der Waals surface area contributed by atoms with Crippen molar-refractivity contribution in [1.82, 2.24) is 25.3 Å². The molecular formula is C21H24N6O2. The first-order chi connectivity index (χ1) is 14.3. The molecule has 0 spiro atoms. The summed E-state index contributed by atoms with van der Waals surface area (Å²) in [6.07, 6.45) is 11.3. The maximum Gasteiger partial charge on any atom is 0.273 e. The van der Waals surface area contributed by atoms with E-state index >= 15 is 0 Å². The number of carbonyl (C=O) groups excluding carboxylic acids is 1. The van der Waals surface area contributed by atoms with Gasteiger partial charge in [-0.05, 0) is 42.9 Å². The van der Waals surface area contributed by atoms with Crippen LogP contribution in [-0.2, 0) is 28.9 Å². The summed E-state index contributed by atoms with van der Waals surface area (Å²) in [5.74, 6) is -0.200. The fraction of sp³-hybridized carbons (Fsp3) is 0.429. The highest BCUT2D eigenvalue weighted by Crippen LogP contribution is 2.30. The fourth-order valence-corrected chi connectivity index (χ4v) is 4.32. The Morgan fingerprint density at radius 1 is 1.14 bits per heavy atom. The van der Waals surface area contributed by atoms with Gasteiger partial charge >= 0.3 is 0 Å². The molecule has 0 saturated carbocycles. The zero-order valence-corrected chi connectivity index (χ0v) is 16.3. The third-order valence-corrected chi connectivity index (χ3v) is 5.82. The van der Waals surface area contributed by atoms with Crippen LogP contribution >= 0.6 is 0 Å². The number of morpholine rings is 1. The van der Waals surface area contributed by atoms with Crippen LogP contribution < -0.4 is 5.43 Å². The van der Waals surface area contributed by atoms with Crippen molar-refractivity contribution in [2.45, 2.75) is 32.2 Å². The third-order valence-electron chi connectivity index (χ3n) is 5.82. The van der Waals surface area contributed by atoms with E-state index < -0.39 is 0 Å². The van der Waals surface area contributed by atoms with Crippen molar-refractivity contribution in [3.05, 3.63) is 52.4 Å². The molecule has 0 radical (unpaired) electrons. The minimum absolute atomic E-state index is 0.200. The van der Waals surface area contributed by atoms with Gasteiger partial charge in [0.15, 0.2) is 0 Å². The quantitative estimate of drug-likeness (QED) is 0.768. The highest BCUT2D eigenvalue weighted by molar-refractivity contribution is 6.33. The molecular weight excluding hydrogens is 368 g/mol. The van der Waals surface area contributed by atoms with Crippen molar-refractivity contribution in [2.24, 2.45) is 5.10 Å². The number of hydrazone groups is 1. The molecule has 1 fully saturated rings. The molecule has 8 heteroatoms. The van der Waals surface area contributed by atoms with Crippen molar-refractivity contribution < 1.29 is 9.53 Å². The van der Waals surface area contributed by atoms with E-state index in [0.29, 0.717) is 11.3 Å². The Bertz CT molecular complexity index is 973. The molecule has 150 valence electrons. The normalized spacial score (nSPS) is 21.2. The zero-order chi connectivity index (χ0) is 19.6.